The normalized spacial score (nSPS) is 12.0. The second-order valence-corrected chi connectivity index (χ2v) is 6.98. The Kier molecular flexibility index (Phi) is 5.69. The second kappa shape index (κ2) is 8.04. The summed E-state index contributed by atoms with van der Waals surface area (Å²) in [6.45, 7) is 5.39. The fraction of sp³-hybridized carbons (Fsp3) is 0.263. The standard InChI is InChI=1S/C19H19ClFN5O3/c1-10-17(23-18(27)12(3)26-16(19(28)29)6-7-22-26)11(2)25(24-10)9-13-4-5-14(21)8-15(13)20/h4-8,12H,9H2,1-3H3,(H,23,27)(H,28,29). The van der Waals surface area contributed by atoms with E-state index in [1.807, 2.05) is 0 Å². The van der Waals surface area contributed by atoms with E-state index < -0.39 is 23.7 Å². The van der Waals surface area contributed by atoms with Gasteiger partial charge in [0.25, 0.3) is 0 Å². The van der Waals surface area contributed by atoms with Gasteiger partial charge in [0.2, 0.25) is 5.91 Å². The van der Waals surface area contributed by atoms with Crippen LogP contribution in [0.5, 0.6) is 0 Å². The minimum absolute atomic E-state index is 0.0808. The Morgan fingerprint density at radius 3 is 2.69 bits per heavy atom. The van der Waals surface area contributed by atoms with Gasteiger partial charge in [-0.1, -0.05) is 17.7 Å². The summed E-state index contributed by atoms with van der Waals surface area (Å²) in [7, 11) is 0. The molecule has 0 saturated heterocycles. The van der Waals surface area contributed by atoms with E-state index in [0.29, 0.717) is 29.2 Å². The van der Waals surface area contributed by atoms with Crippen LogP contribution in [0.15, 0.2) is 30.5 Å². The molecule has 0 saturated carbocycles. The lowest BCUT2D eigenvalue weighted by molar-refractivity contribution is -0.119. The van der Waals surface area contributed by atoms with Crippen LogP contribution in [0, 0.1) is 19.7 Å². The van der Waals surface area contributed by atoms with Crippen molar-refractivity contribution in [1.29, 1.82) is 0 Å². The molecule has 2 aromatic heterocycles. The van der Waals surface area contributed by atoms with Gasteiger partial charge in [-0.2, -0.15) is 10.2 Å². The van der Waals surface area contributed by atoms with Gasteiger partial charge in [0, 0.05) is 11.2 Å². The predicted octanol–water partition coefficient (Wildman–Crippen LogP) is 3.44. The number of carbonyl (C=O) groups excluding carboxylic acids is 1. The number of halogens is 2. The lowest BCUT2D eigenvalue weighted by Gasteiger charge is -2.14. The summed E-state index contributed by atoms with van der Waals surface area (Å²) < 4.78 is 16.1. The summed E-state index contributed by atoms with van der Waals surface area (Å²) in [6, 6.07) is 4.62. The molecule has 0 aliphatic rings. The zero-order chi connectivity index (χ0) is 21.3. The predicted molar refractivity (Wildman–Crippen MR) is 105 cm³/mol. The maximum Gasteiger partial charge on any atom is 0.354 e. The van der Waals surface area contributed by atoms with Gasteiger partial charge in [0.05, 0.1) is 23.6 Å². The Labute approximate surface area is 170 Å². The topological polar surface area (TPSA) is 102 Å². The highest BCUT2D eigenvalue weighted by Crippen LogP contribution is 2.24. The number of aromatic carboxylic acids is 1. The minimum atomic E-state index is -1.17. The first-order valence-electron chi connectivity index (χ1n) is 8.74. The summed E-state index contributed by atoms with van der Waals surface area (Å²) in [6.07, 6.45) is 1.33. The Morgan fingerprint density at radius 1 is 1.31 bits per heavy atom. The maximum absolute atomic E-state index is 13.2. The third-order valence-corrected chi connectivity index (χ3v) is 4.95. The fourth-order valence-corrected chi connectivity index (χ4v) is 3.20. The fourth-order valence-electron chi connectivity index (χ4n) is 2.97. The van der Waals surface area contributed by atoms with Crippen LogP contribution in [0.3, 0.4) is 0 Å². The molecule has 0 spiro atoms. The van der Waals surface area contributed by atoms with E-state index in [-0.39, 0.29) is 10.7 Å². The van der Waals surface area contributed by atoms with Crippen LogP contribution in [0.25, 0.3) is 0 Å². The van der Waals surface area contributed by atoms with Crippen LogP contribution in [0.1, 0.15) is 40.4 Å². The van der Waals surface area contributed by atoms with E-state index in [9.17, 15) is 19.1 Å². The smallest absolute Gasteiger partial charge is 0.354 e. The zero-order valence-electron chi connectivity index (χ0n) is 16.0. The summed E-state index contributed by atoms with van der Waals surface area (Å²) >= 11 is 6.09. The number of carboxylic acids is 1. The Hall–Kier alpha value is -3.20. The van der Waals surface area contributed by atoms with E-state index >= 15 is 0 Å². The van der Waals surface area contributed by atoms with Gasteiger partial charge in [0.1, 0.15) is 17.6 Å². The number of carbonyl (C=O) groups is 2. The molecule has 2 N–H and O–H groups in total. The number of anilines is 1. The molecule has 10 heteroatoms. The van der Waals surface area contributed by atoms with Crippen LogP contribution in [-0.2, 0) is 11.3 Å². The zero-order valence-corrected chi connectivity index (χ0v) is 16.7. The molecular formula is C19H19ClFN5O3. The van der Waals surface area contributed by atoms with Gasteiger partial charge >= 0.3 is 5.97 Å². The van der Waals surface area contributed by atoms with Gasteiger partial charge in [-0.15, -0.1) is 0 Å². The van der Waals surface area contributed by atoms with Crippen LogP contribution in [-0.4, -0.2) is 36.5 Å². The molecular weight excluding hydrogens is 401 g/mol. The van der Waals surface area contributed by atoms with Crippen molar-refractivity contribution in [3.63, 3.8) is 0 Å². The van der Waals surface area contributed by atoms with Gasteiger partial charge < -0.3 is 10.4 Å². The summed E-state index contributed by atoms with van der Waals surface area (Å²) in [4.78, 5) is 23.9. The first-order chi connectivity index (χ1) is 13.7. The lowest BCUT2D eigenvalue weighted by atomic mass is 10.2. The number of carboxylic acid groups (broad SMARTS) is 1. The van der Waals surface area contributed by atoms with E-state index in [2.05, 4.69) is 15.5 Å². The molecule has 152 valence electrons. The number of hydrogen-bond donors (Lipinski definition) is 2. The Balaban J connectivity index is 1.82. The summed E-state index contributed by atoms with van der Waals surface area (Å²) in [5.74, 6) is -2.02. The summed E-state index contributed by atoms with van der Waals surface area (Å²) in [5, 5.41) is 20.6. The van der Waals surface area contributed by atoms with Gasteiger partial charge in [-0.05, 0) is 44.5 Å². The molecule has 1 unspecified atom stereocenters. The number of nitrogens with zero attached hydrogens (tertiary/aromatic N) is 4. The van der Waals surface area contributed by atoms with Crippen molar-refractivity contribution in [2.75, 3.05) is 5.32 Å². The van der Waals surface area contributed by atoms with E-state index in [1.165, 1.54) is 24.4 Å². The Morgan fingerprint density at radius 2 is 2.03 bits per heavy atom. The SMILES string of the molecule is Cc1nn(Cc2ccc(F)cc2Cl)c(C)c1NC(=O)C(C)n1nccc1C(=O)O. The molecule has 1 atom stereocenters. The van der Waals surface area contributed by atoms with Gasteiger partial charge in [-0.25, -0.2) is 13.9 Å². The van der Waals surface area contributed by atoms with Gasteiger partial charge in [-0.3, -0.25) is 9.48 Å². The molecule has 29 heavy (non-hydrogen) atoms. The van der Waals surface area contributed by atoms with Gasteiger partial charge in [0.15, 0.2) is 0 Å². The van der Waals surface area contributed by atoms with Crippen LogP contribution >= 0.6 is 11.6 Å². The molecule has 3 aromatic rings. The van der Waals surface area contributed by atoms with E-state index in [1.54, 1.807) is 31.5 Å². The van der Waals surface area contributed by atoms with Crippen LogP contribution < -0.4 is 5.32 Å². The molecule has 0 radical (unpaired) electrons. The first kappa shape index (κ1) is 20.5. The number of aryl methyl sites for hydroxylation is 1. The third kappa shape index (κ3) is 4.14. The monoisotopic (exact) mass is 419 g/mol. The number of hydrogen-bond acceptors (Lipinski definition) is 4. The maximum atomic E-state index is 13.2. The highest BCUT2D eigenvalue weighted by molar-refractivity contribution is 6.31. The van der Waals surface area contributed by atoms with Crippen molar-refractivity contribution in [1.82, 2.24) is 19.6 Å². The number of amides is 1. The first-order valence-corrected chi connectivity index (χ1v) is 9.12. The molecule has 2 heterocycles. The molecule has 0 fully saturated rings. The largest absolute Gasteiger partial charge is 0.477 e. The summed E-state index contributed by atoms with van der Waals surface area (Å²) in [5.41, 5.74) is 2.39. The number of aromatic nitrogens is 4. The molecule has 0 bridgehead atoms. The van der Waals surface area contributed by atoms with Crippen LogP contribution in [0.2, 0.25) is 5.02 Å². The average molecular weight is 420 g/mol. The van der Waals surface area contributed by atoms with Crippen molar-refractivity contribution < 1.29 is 19.1 Å². The van der Waals surface area contributed by atoms with E-state index in [0.717, 1.165) is 4.68 Å². The lowest BCUT2D eigenvalue weighted by Crippen LogP contribution is -2.27. The average Bonchev–Trinajstić information content (AvgIpc) is 3.24. The molecule has 0 aliphatic heterocycles. The van der Waals surface area contributed by atoms with Crippen molar-refractivity contribution in [3.05, 3.63) is 63.9 Å². The van der Waals surface area contributed by atoms with Crippen molar-refractivity contribution >= 4 is 29.2 Å². The molecule has 8 nitrogen and oxygen atoms in total. The van der Waals surface area contributed by atoms with Crippen LogP contribution in [0.4, 0.5) is 10.1 Å². The van der Waals surface area contributed by atoms with E-state index in [4.69, 9.17) is 11.6 Å². The number of nitrogens with one attached hydrogen (secondary N) is 1. The molecule has 1 amide bonds. The molecule has 0 aliphatic carbocycles. The number of rotatable bonds is 6. The van der Waals surface area contributed by atoms with Crippen molar-refractivity contribution in [2.45, 2.75) is 33.4 Å². The third-order valence-electron chi connectivity index (χ3n) is 4.60. The minimum Gasteiger partial charge on any atom is -0.477 e. The Bertz CT molecular complexity index is 1090. The second-order valence-electron chi connectivity index (χ2n) is 6.57. The molecule has 1 aromatic carbocycles. The quantitative estimate of drug-likeness (QED) is 0.637. The van der Waals surface area contributed by atoms with Crippen molar-refractivity contribution in [3.8, 4) is 0 Å². The number of benzene rings is 1. The van der Waals surface area contributed by atoms with Crippen molar-refractivity contribution in [2.24, 2.45) is 0 Å². The molecule has 3 rings (SSSR count). The highest BCUT2D eigenvalue weighted by atomic mass is 35.5. The highest BCUT2D eigenvalue weighted by Gasteiger charge is 2.23.